The maximum absolute atomic E-state index is 2.44. The van der Waals surface area contributed by atoms with Gasteiger partial charge in [-0.2, -0.15) is 0 Å². The summed E-state index contributed by atoms with van der Waals surface area (Å²) in [7, 11) is -0.883. The molecule has 0 aromatic carbocycles. The van der Waals surface area contributed by atoms with Crippen LogP contribution in [0, 0.1) is 0 Å². The Morgan fingerprint density at radius 3 is 0.262 bits per heavy atom. The fraction of sp³-hybridized carbons (Fsp3) is 1.00. The van der Waals surface area contributed by atoms with E-state index < -0.39 is 0 Å². The maximum atomic E-state index is 2.44. The van der Waals surface area contributed by atoms with Crippen LogP contribution in [0.3, 0.4) is 0 Å². The minimum absolute atomic E-state index is 0.221. The van der Waals surface area contributed by atoms with Gasteiger partial charge in [0.15, 0.2) is 0 Å². The molecule has 8 radical (unpaired) electrons. The number of rotatable bonds is 0. The van der Waals surface area contributed by atoms with Crippen molar-refractivity contribution in [2.45, 2.75) is 233 Å². The Morgan fingerprint density at radius 2 is 0.262 bits per heavy atom. The third kappa shape index (κ3) is 28.7. The normalized spacial score (nSPS) is 13.8. The zero-order chi connectivity index (χ0) is 36.3. The van der Waals surface area contributed by atoms with Crippen LogP contribution >= 0.6 is 0 Å². The van der Waals surface area contributed by atoms with E-state index in [1.165, 1.54) is 0 Å². The molecule has 0 saturated heterocycles. The van der Waals surface area contributed by atoms with Gasteiger partial charge in [-0.15, -0.1) is 0 Å². The van der Waals surface area contributed by atoms with Crippen LogP contribution in [0.15, 0.2) is 0 Å². The first kappa shape index (κ1) is 53.9. The number of hydrogen-bond donors (Lipinski definition) is 0. The van der Waals surface area contributed by atoms with Gasteiger partial charge in [-0.3, -0.25) is 0 Å². The van der Waals surface area contributed by atoms with E-state index >= 15 is 0 Å². The van der Waals surface area contributed by atoms with Crippen LogP contribution < -0.4 is 0 Å². The summed E-state index contributed by atoms with van der Waals surface area (Å²) in [5.41, 5.74) is 0. The molecule has 0 atom stereocenters. The Bertz CT molecular complexity index is 502. The van der Waals surface area contributed by atoms with Gasteiger partial charge in [0.05, 0.1) is 35.2 Å². The van der Waals surface area contributed by atoms with Gasteiger partial charge in [-0.05, 0) is 40.3 Å². The summed E-state index contributed by atoms with van der Waals surface area (Å²) in [6.07, 6.45) is 0. The predicted octanol–water partition coefficient (Wildman–Crippen LogP) is 14.1. The Kier molecular flexibility index (Phi) is 25.8. The van der Waals surface area contributed by atoms with Gasteiger partial charge >= 0.3 is 35.9 Å². The molecule has 0 aromatic heterocycles. The average molecular weight is 867 g/mol. The standard InChI is InChI=1S/4C9H21Si.2Sn/c4*1-8(2,3)10(7)9(4,5)6;;/h4*1-7H3;;. The molecule has 0 rings (SSSR count). The molecule has 0 saturated carbocycles. The molecular weight excluding hydrogens is 782 g/mol. The van der Waals surface area contributed by atoms with Gasteiger partial charge in [0.25, 0.3) is 0 Å². The molecular formula is C36H84Si4Sn2. The minimum atomic E-state index is -0.221. The van der Waals surface area contributed by atoms with Crippen molar-refractivity contribution in [3.05, 3.63) is 0 Å². The van der Waals surface area contributed by atoms with E-state index in [-0.39, 0.29) is 35.2 Å². The van der Waals surface area contributed by atoms with Crippen molar-refractivity contribution in [1.29, 1.82) is 0 Å². The van der Waals surface area contributed by atoms with Crippen LogP contribution in [0.4, 0.5) is 0 Å². The van der Waals surface area contributed by atoms with Crippen molar-refractivity contribution in [3.63, 3.8) is 0 Å². The van der Waals surface area contributed by atoms with Gasteiger partial charge in [0.2, 0.25) is 0 Å². The fourth-order valence-corrected chi connectivity index (χ4v) is 13.5. The van der Waals surface area contributed by atoms with E-state index in [4.69, 9.17) is 0 Å². The predicted molar refractivity (Wildman–Crippen MR) is 216 cm³/mol. The van der Waals surface area contributed by atoms with Crippen LogP contribution in [0.2, 0.25) is 66.5 Å². The number of hydrogen-bond acceptors (Lipinski definition) is 0. The Labute approximate surface area is 301 Å². The molecule has 0 heterocycles. The van der Waals surface area contributed by atoms with Crippen molar-refractivity contribution in [2.24, 2.45) is 0 Å². The molecule has 0 bridgehead atoms. The molecule has 0 fully saturated rings. The van der Waals surface area contributed by atoms with Gasteiger partial charge in [0.1, 0.15) is 0 Å². The van der Waals surface area contributed by atoms with Crippen LogP contribution in [-0.2, 0) is 0 Å². The summed E-state index contributed by atoms with van der Waals surface area (Å²) in [6.45, 7) is 66.2. The van der Waals surface area contributed by atoms with Crippen LogP contribution in [0.1, 0.15) is 166 Å². The summed E-state index contributed by atoms with van der Waals surface area (Å²) in [6, 6.07) is 0. The zero-order valence-corrected chi connectivity index (χ0v) is 44.7. The summed E-state index contributed by atoms with van der Waals surface area (Å²) in [5.74, 6) is 0. The first-order chi connectivity index (χ1) is 17.6. The van der Waals surface area contributed by atoms with Gasteiger partial charge in [0, 0.05) is 0 Å². The fourth-order valence-electron chi connectivity index (χ4n) is 4.50. The summed E-state index contributed by atoms with van der Waals surface area (Å²) >= 11 is 3.28. The van der Waals surface area contributed by atoms with E-state index in [9.17, 15) is 0 Å². The molecule has 0 aromatic rings. The second-order valence-electron chi connectivity index (χ2n) is 20.5. The molecule has 0 unspecified atom stereocenters. The zero-order valence-electron chi connectivity index (χ0n) is 35.0. The summed E-state index contributed by atoms with van der Waals surface area (Å²) in [4.78, 5) is 0. The van der Waals surface area contributed by atoms with Crippen LogP contribution in [-0.4, -0.2) is 71.1 Å². The Hall–Kier alpha value is 2.46. The molecule has 0 amide bonds. The van der Waals surface area contributed by atoms with Crippen molar-refractivity contribution in [3.8, 4) is 0 Å². The molecule has 42 heavy (non-hydrogen) atoms. The second-order valence-corrected chi connectivity index (χ2v) is 37.5. The van der Waals surface area contributed by atoms with E-state index in [0.29, 0.717) is 40.3 Å². The van der Waals surface area contributed by atoms with Gasteiger partial charge < -0.3 is 0 Å². The van der Waals surface area contributed by atoms with Crippen LogP contribution in [0.5, 0.6) is 0 Å². The van der Waals surface area contributed by atoms with Gasteiger partial charge in [-0.1, -0.05) is 192 Å². The first-order valence-corrected chi connectivity index (χ1v) is 35.2. The summed E-state index contributed by atoms with van der Waals surface area (Å²) < 4.78 is 0. The van der Waals surface area contributed by atoms with Crippen molar-refractivity contribution in [1.82, 2.24) is 0 Å². The molecule has 0 spiro atoms. The SMILES string of the molecule is C[Si](C(C)(C)C)C(C)(C)C.C[Si](C(C)(C)C)C(C)(C)C.C[Si](C(C)(C)C)C(C)(C)C.C[Si](C(C)(C)C)C(C)(C)C.[Sn]=[Sn]. The molecule has 0 aliphatic carbocycles. The molecule has 0 N–H and O–H groups in total. The van der Waals surface area contributed by atoms with Crippen LogP contribution in [0.25, 0.3) is 0 Å². The third-order valence-corrected chi connectivity index (χ3v) is 27.0. The topological polar surface area (TPSA) is 0 Å². The molecule has 0 nitrogen and oxygen atoms in total. The third-order valence-electron chi connectivity index (χ3n) is 9.00. The average Bonchev–Trinajstić information content (AvgIpc) is 2.69. The van der Waals surface area contributed by atoms with E-state index in [0.717, 1.165) is 0 Å². The summed E-state index contributed by atoms with van der Waals surface area (Å²) in [5, 5.41) is 4.36. The first-order valence-electron chi connectivity index (χ1n) is 16.2. The van der Waals surface area contributed by atoms with E-state index in [1.54, 1.807) is 35.9 Å². The van der Waals surface area contributed by atoms with Gasteiger partial charge in [-0.25, -0.2) is 0 Å². The molecule has 6 heteroatoms. The van der Waals surface area contributed by atoms with E-state index in [1.807, 2.05) is 0 Å². The molecule has 0 aliphatic rings. The van der Waals surface area contributed by atoms with Crippen molar-refractivity contribution < 1.29 is 0 Å². The van der Waals surface area contributed by atoms with Crippen molar-refractivity contribution >= 4 is 71.1 Å². The van der Waals surface area contributed by atoms with Crippen molar-refractivity contribution in [2.75, 3.05) is 0 Å². The van der Waals surface area contributed by atoms with E-state index in [2.05, 4.69) is 192 Å². The molecule has 0 aliphatic heterocycles. The Balaban J connectivity index is -0.000000142. The second kappa shape index (κ2) is 20.1. The molecule has 252 valence electrons. The quantitative estimate of drug-likeness (QED) is 0.213. The Morgan fingerprint density at radius 1 is 0.214 bits per heavy atom. The monoisotopic (exact) mass is 868 g/mol.